The van der Waals surface area contributed by atoms with Crippen molar-refractivity contribution >= 4 is 28.7 Å². The third-order valence-corrected chi connectivity index (χ3v) is 6.02. The maximum atomic E-state index is 13.9. The highest BCUT2D eigenvalue weighted by Crippen LogP contribution is 2.56. The van der Waals surface area contributed by atoms with Crippen LogP contribution in [0.15, 0.2) is 18.2 Å². The summed E-state index contributed by atoms with van der Waals surface area (Å²) in [5.41, 5.74) is 5.75. The fraction of sp³-hybridized carbons (Fsp3) is 0.364. The number of hydrogen-bond acceptors (Lipinski definition) is 3. The van der Waals surface area contributed by atoms with Crippen molar-refractivity contribution in [2.75, 3.05) is 11.9 Å². The van der Waals surface area contributed by atoms with E-state index in [1.807, 2.05) is 6.92 Å². The monoisotopic (exact) mass is 380 g/mol. The maximum absolute atomic E-state index is 13.9. The Balaban J connectivity index is 1.73. The number of H-pyrrole nitrogens is 1. The smallest absolute Gasteiger partial charge is 0.340 e. The molecule has 0 radical (unpaired) electrons. The number of aromatic amines is 1. The number of esters is 1. The molecule has 1 amide bonds. The molecule has 1 atom stereocenters. The Hall–Kier alpha value is -2.89. The number of rotatable bonds is 3. The largest absolute Gasteiger partial charge is 0.462 e. The van der Waals surface area contributed by atoms with Crippen LogP contribution in [0.25, 0.3) is 11.1 Å². The van der Waals surface area contributed by atoms with E-state index in [1.165, 1.54) is 12.1 Å². The van der Waals surface area contributed by atoms with Crippen molar-refractivity contribution in [1.82, 2.24) is 4.98 Å². The highest BCUT2D eigenvalue weighted by Gasteiger charge is 2.45. The van der Waals surface area contributed by atoms with E-state index in [0.29, 0.717) is 41.3 Å². The summed E-state index contributed by atoms with van der Waals surface area (Å²) in [6, 6.07) is 4.34. The zero-order chi connectivity index (χ0) is 19.6. The predicted octanol–water partition coefficient (Wildman–Crippen LogP) is 4.40. The highest BCUT2D eigenvalue weighted by molar-refractivity contribution is 6.37. The molecule has 144 valence electrons. The molecule has 0 spiro atoms. The molecule has 3 aliphatic rings. The van der Waals surface area contributed by atoms with E-state index in [1.54, 1.807) is 13.0 Å². The van der Waals surface area contributed by atoms with Gasteiger partial charge in [-0.15, -0.1) is 0 Å². The number of fused-ring (bicyclic) bond motifs is 2. The number of nitrogens with one attached hydrogen (secondary N) is 2. The summed E-state index contributed by atoms with van der Waals surface area (Å²) < 4.78 is 19.2. The zero-order valence-electron chi connectivity index (χ0n) is 15.8. The van der Waals surface area contributed by atoms with Crippen molar-refractivity contribution in [2.24, 2.45) is 5.92 Å². The van der Waals surface area contributed by atoms with Gasteiger partial charge < -0.3 is 15.0 Å². The van der Waals surface area contributed by atoms with Gasteiger partial charge in [-0.2, -0.15) is 0 Å². The molecule has 0 saturated heterocycles. The number of benzene rings is 1. The number of aryl methyl sites for hydroxylation is 1. The van der Waals surface area contributed by atoms with Gasteiger partial charge in [0.2, 0.25) is 0 Å². The third-order valence-electron chi connectivity index (χ3n) is 6.02. The van der Waals surface area contributed by atoms with Gasteiger partial charge in [0.25, 0.3) is 5.91 Å². The molecule has 2 N–H and O–H groups in total. The SMILES string of the molecule is CCOC(=O)c1c(C)[nH]c2c1C(C1CC1)C/C2=C1/C(=O)Nc2ccc(F)cc21. The Morgan fingerprint density at radius 3 is 2.82 bits per heavy atom. The number of hydrogen-bond donors (Lipinski definition) is 2. The Morgan fingerprint density at radius 1 is 1.32 bits per heavy atom. The topological polar surface area (TPSA) is 71.2 Å². The minimum absolute atomic E-state index is 0.187. The van der Waals surface area contributed by atoms with Crippen LogP contribution in [0, 0.1) is 18.7 Å². The number of carbonyl (C=O) groups is 2. The van der Waals surface area contributed by atoms with Crippen molar-refractivity contribution in [1.29, 1.82) is 0 Å². The second kappa shape index (κ2) is 6.06. The first-order valence-electron chi connectivity index (χ1n) is 9.74. The number of amides is 1. The van der Waals surface area contributed by atoms with Gasteiger partial charge in [0.15, 0.2) is 0 Å². The predicted molar refractivity (Wildman–Crippen MR) is 103 cm³/mol. The molecular formula is C22H21FN2O3. The molecule has 28 heavy (non-hydrogen) atoms. The molecule has 6 heteroatoms. The van der Waals surface area contributed by atoms with Crippen LogP contribution >= 0.6 is 0 Å². The van der Waals surface area contributed by atoms with Crippen LogP contribution in [0.4, 0.5) is 10.1 Å². The molecule has 1 unspecified atom stereocenters. The molecule has 2 heterocycles. The summed E-state index contributed by atoms with van der Waals surface area (Å²) in [7, 11) is 0. The Morgan fingerprint density at radius 2 is 2.11 bits per heavy atom. The van der Waals surface area contributed by atoms with Crippen LogP contribution in [0.1, 0.15) is 65.0 Å². The Labute approximate surface area is 162 Å². The molecule has 2 aromatic rings. The van der Waals surface area contributed by atoms with Crippen LogP contribution < -0.4 is 5.32 Å². The van der Waals surface area contributed by atoms with Gasteiger partial charge in [-0.3, -0.25) is 4.79 Å². The second-order valence-electron chi connectivity index (χ2n) is 7.78. The zero-order valence-corrected chi connectivity index (χ0v) is 15.8. The minimum Gasteiger partial charge on any atom is -0.462 e. The van der Waals surface area contributed by atoms with Gasteiger partial charge in [0.1, 0.15) is 5.82 Å². The molecule has 1 aliphatic heterocycles. The van der Waals surface area contributed by atoms with Gasteiger partial charge in [-0.1, -0.05) is 0 Å². The van der Waals surface area contributed by atoms with Crippen molar-refractivity contribution < 1.29 is 18.7 Å². The van der Waals surface area contributed by atoms with Crippen LogP contribution in [0.5, 0.6) is 0 Å². The van der Waals surface area contributed by atoms with Gasteiger partial charge >= 0.3 is 5.97 Å². The molecule has 5 rings (SSSR count). The summed E-state index contributed by atoms with van der Waals surface area (Å²) in [4.78, 5) is 28.7. The van der Waals surface area contributed by atoms with Crippen molar-refractivity contribution in [2.45, 2.75) is 39.0 Å². The first kappa shape index (κ1) is 17.2. The summed E-state index contributed by atoms with van der Waals surface area (Å²) in [6.45, 7) is 3.97. The maximum Gasteiger partial charge on any atom is 0.340 e. The standard InChI is InChI=1S/C22H21FN2O3/c1-3-28-22(27)17-10(2)24-20-15(9-13(19(17)20)11-4-5-11)18-14-8-12(23)6-7-16(14)25-21(18)26/h6-8,11,13,24H,3-5,9H2,1-2H3,(H,25,26)/b18-15-. The van der Waals surface area contributed by atoms with E-state index in [-0.39, 0.29) is 23.6 Å². The highest BCUT2D eigenvalue weighted by atomic mass is 19.1. The van der Waals surface area contributed by atoms with Crippen LogP contribution in [0.2, 0.25) is 0 Å². The molecule has 5 nitrogen and oxygen atoms in total. The molecule has 0 bridgehead atoms. The second-order valence-corrected chi connectivity index (χ2v) is 7.78. The average molecular weight is 380 g/mol. The lowest BCUT2D eigenvalue weighted by Gasteiger charge is -2.12. The van der Waals surface area contributed by atoms with Gasteiger partial charge in [0.05, 0.1) is 17.7 Å². The summed E-state index contributed by atoms with van der Waals surface area (Å²) >= 11 is 0. The number of halogens is 1. The van der Waals surface area contributed by atoms with E-state index in [4.69, 9.17) is 4.74 Å². The fourth-order valence-electron chi connectivity index (χ4n) is 4.71. The van der Waals surface area contributed by atoms with Gasteiger partial charge in [0, 0.05) is 22.6 Å². The van der Waals surface area contributed by atoms with Crippen LogP contribution in [-0.2, 0) is 9.53 Å². The van der Waals surface area contributed by atoms with Gasteiger partial charge in [-0.25, -0.2) is 9.18 Å². The van der Waals surface area contributed by atoms with E-state index in [9.17, 15) is 14.0 Å². The average Bonchev–Trinajstić information content (AvgIpc) is 3.25. The summed E-state index contributed by atoms with van der Waals surface area (Å²) in [5, 5.41) is 2.84. The van der Waals surface area contributed by atoms with Crippen LogP contribution in [-0.4, -0.2) is 23.5 Å². The van der Waals surface area contributed by atoms with Crippen molar-refractivity contribution in [3.05, 3.63) is 52.1 Å². The van der Waals surface area contributed by atoms with E-state index < -0.39 is 0 Å². The first-order chi connectivity index (χ1) is 13.5. The molecule has 1 saturated carbocycles. The molecule has 1 fully saturated rings. The third kappa shape index (κ3) is 2.44. The lowest BCUT2D eigenvalue weighted by Crippen LogP contribution is -2.10. The van der Waals surface area contributed by atoms with E-state index in [2.05, 4.69) is 10.3 Å². The van der Waals surface area contributed by atoms with Crippen molar-refractivity contribution in [3.63, 3.8) is 0 Å². The Bertz CT molecular complexity index is 1060. The number of carbonyl (C=O) groups excluding carboxylic acids is 2. The van der Waals surface area contributed by atoms with Gasteiger partial charge in [-0.05, 0) is 74.3 Å². The van der Waals surface area contributed by atoms with E-state index in [0.717, 1.165) is 35.4 Å². The minimum atomic E-state index is -0.375. The van der Waals surface area contributed by atoms with Crippen LogP contribution in [0.3, 0.4) is 0 Å². The van der Waals surface area contributed by atoms with Crippen molar-refractivity contribution in [3.8, 4) is 0 Å². The number of anilines is 1. The summed E-state index contributed by atoms with van der Waals surface area (Å²) in [5.74, 6) is -0.219. The fourth-order valence-corrected chi connectivity index (χ4v) is 4.71. The van der Waals surface area contributed by atoms with E-state index >= 15 is 0 Å². The lowest BCUT2D eigenvalue weighted by atomic mass is 9.92. The number of allylic oxidation sites excluding steroid dienone is 1. The first-order valence-corrected chi connectivity index (χ1v) is 9.74. The lowest BCUT2D eigenvalue weighted by molar-refractivity contribution is -0.110. The molecule has 1 aromatic carbocycles. The molecule has 1 aromatic heterocycles. The number of aromatic nitrogens is 1. The quantitative estimate of drug-likeness (QED) is 0.612. The number of ether oxygens (including phenoxy) is 1. The normalized spacial score (nSPS) is 22.8. The summed E-state index contributed by atoms with van der Waals surface area (Å²) in [6.07, 6.45) is 2.92. The molecule has 2 aliphatic carbocycles. The Kier molecular flexibility index (Phi) is 3.73. The molecular weight excluding hydrogens is 359 g/mol.